The molecule has 0 aliphatic carbocycles. The van der Waals surface area contributed by atoms with E-state index >= 15 is 0 Å². The summed E-state index contributed by atoms with van der Waals surface area (Å²) in [5.74, 6) is -0.437. The summed E-state index contributed by atoms with van der Waals surface area (Å²) in [5.41, 5.74) is 2.11. The molecule has 1 aliphatic heterocycles. The molecule has 0 fully saturated rings. The molecule has 1 aliphatic rings. The van der Waals surface area contributed by atoms with Crippen molar-refractivity contribution in [3.8, 4) is 5.75 Å². The fourth-order valence-corrected chi connectivity index (χ4v) is 5.45. The number of carbonyl (C=O) groups is 3. The predicted molar refractivity (Wildman–Crippen MR) is 177 cm³/mol. The molecule has 4 rings (SSSR count). The maximum atomic E-state index is 14.3. The molecule has 0 radical (unpaired) electrons. The van der Waals surface area contributed by atoms with Gasteiger partial charge in [-0.3, -0.25) is 19.4 Å². The maximum Gasteiger partial charge on any atom is 0.258 e. The third kappa shape index (κ3) is 9.61. The zero-order valence-corrected chi connectivity index (χ0v) is 27.2. The molecule has 2 heterocycles. The van der Waals surface area contributed by atoms with E-state index in [1.165, 1.54) is 0 Å². The van der Waals surface area contributed by atoms with Crippen molar-refractivity contribution in [2.45, 2.75) is 64.7 Å². The van der Waals surface area contributed by atoms with E-state index in [-0.39, 0.29) is 54.6 Å². The summed E-state index contributed by atoms with van der Waals surface area (Å²) in [6.07, 6.45) is 5.30. The highest BCUT2D eigenvalue weighted by molar-refractivity contribution is 6.05. The first-order valence-electron chi connectivity index (χ1n) is 16.0. The minimum absolute atomic E-state index is 0.0145. The highest BCUT2D eigenvalue weighted by atomic mass is 16.5. The number of rotatable bonds is 8. The van der Waals surface area contributed by atoms with Crippen LogP contribution in [0.3, 0.4) is 0 Å². The number of aliphatic hydroxyl groups is 1. The summed E-state index contributed by atoms with van der Waals surface area (Å²) in [6.45, 7) is 6.66. The van der Waals surface area contributed by atoms with Gasteiger partial charge in [-0.1, -0.05) is 37.3 Å². The van der Waals surface area contributed by atoms with Crippen molar-refractivity contribution in [3.05, 3.63) is 89.7 Å². The molecule has 246 valence electrons. The Morgan fingerprint density at radius 1 is 1.09 bits per heavy atom. The van der Waals surface area contributed by atoms with Gasteiger partial charge >= 0.3 is 0 Å². The molecule has 0 saturated carbocycles. The van der Waals surface area contributed by atoms with Crippen molar-refractivity contribution in [3.63, 3.8) is 0 Å². The number of hydrogen-bond donors (Lipinski definition) is 2. The number of carbonyl (C=O) groups excluding carboxylic acids is 3. The van der Waals surface area contributed by atoms with Crippen LogP contribution in [0.1, 0.15) is 66.3 Å². The fraction of sp³-hybridized carbons (Fsp3) is 0.444. The van der Waals surface area contributed by atoms with Crippen LogP contribution in [0.15, 0.2) is 73.1 Å². The average Bonchev–Trinajstić information content (AvgIpc) is 3.06. The monoisotopic (exact) mass is 630 g/mol. The Morgan fingerprint density at radius 2 is 1.83 bits per heavy atom. The first-order chi connectivity index (χ1) is 22.2. The number of aromatic nitrogens is 1. The summed E-state index contributed by atoms with van der Waals surface area (Å²) >= 11 is 0. The van der Waals surface area contributed by atoms with E-state index in [0.29, 0.717) is 36.6 Å². The van der Waals surface area contributed by atoms with Gasteiger partial charge in [0.2, 0.25) is 5.91 Å². The molecule has 0 bridgehead atoms. The van der Waals surface area contributed by atoms with Gasteiger partial charge in [-0.15, -0.1) is 0 Å². The second-order valence-corrected chi connectivity index (χ2v) is 12.1. The van der Waals surface area contributed by atoms with Gasteiger partial charge in [-0.05, 0) is 69.0 Å². The molecule has 10 nitrogen and oxygen atoms in total. The number of pyridine rings is 1. The van der Waals surface area contributed by atoms with Crippen molar-refractivity contribution in [1.29, 1.82) is 0 Å². The molecule has 10 heteroatoms. The van der Waals surface area contributed by atoms with Crippen LogP contribution in [0, 0.1) is 5.92 Å². The maximum absolute atomic E-state index is 14.3. The Bertz CT molecular complexity index is 1440. The number of anilines is 1. The second-order valence-electron chi connectivity index (χ2n) is 12.1. The van der Waals surface area contributed by atoms with Crippen LogP contribution in [-0.4, -0.2) is 89.2 Å². The Hall–Kier alpha value is -4.28. The minimum atomic E-state index is -0.513. The molecule has 0 spiro atoms. The van der Waals surface area contributed by atoms with Crippen LogP contribution in [0.2, 0.25) is 0 Å². The lowest BCUT2D eigenvalue weighted by Gasteiger charge is -2.36. The molecule has 2 aromatic carbocycles. The Morgan fingerprint density at radius 3 is 2.54 bits per heavy atom. The first kappa shape index (κ1) is 34.6. The molecule has 3 aromatic rings. The lowest BCUT2D eigenvalue weighted by Crippen LogP contribution is -2.48. The summed E-state index contributed by atoms with van der Waals surface area (Å²) in [4.78, 5) is 47.6. The van der Waals surface area contributed by atoms with Gasteiger partial charge in [0, 0.05) is 56.3 Å². The van der Waals surface area contributed by atoms with Gasteiger partial charge in [-0.25, -0.2) is 0 Å². The molecule has 1 aromatic heterocycles. The number of hydrogen-bond acceptors (Lipinski definition) is 7. The van der Waals surface area contributed by atoms with E-state index in [0.717, 1.165) is 24.8 Å². The summed E-state index contributed by atoms with van der Waals surface area (Å²) in [5, 5.41) is 13.1. The van der Waals surface area contributed by atoms with Crippen molar-refractivity contribution in [2.24, 2.45) is 5.92 Å². The largest absolute Gasteiger partial charge is 0.490 e. The number of fused-ring (bicyclic) bond motifs is 1. The number of benzene rings is 2. The van der Waals surface area contributed by atoms with Gasteiger partial charge in [0.05, 0.1) is 36.8 Å². The number of aliphatic hydroxyl groups excluding tert-OH is 1. The highest BCUT2D eigenvalue weighted by Gasteiger charge is 2.31. The second kappa shape index (κ2) is 16.9. The molecular weight excluding hydrogens is 584 g/mol. The van der Waals surface area contributed by atoms with Crippen molar-refractivity contribution in [1.82, 2.24) is 14.8 Å². The normalized spacial score (nSPS) is 20.1. The zero-order chi connectivity index (χ0) is 33.1. The van der Waals surface area contributed by atoms with Crippen LogP contribution < -0.4 is 10.1 Å². The summed E-state index contributed by atoms with van der Waals surface area (Å²) in [6, 6.07) is 17.4. The Labute approximate surface area is 271 Å². The zero-order valence-electron chi connectivity index (χ0n) is 27.2. The Kier molecular flexibility index (Phi) is 12.7. The lowest BCUT2D eigenvalue weighted by molar-refractivity contribution is -0.131. The van der Waals surface area contributed by atoms with Crippen LogP contribution in [0.5, 0.6) is 5.75 Å². The lowest BCUT2D eigenvalue weighted by atomic mass is 10.0. The molecule has 0 saturated heterocycles. The van der Waals surface area contributed by atoms with E-state index in [1.807, 2.05) is 44.2 Å². The Balaban J connectivity index is 1.60. The van der Waals surface area contributed by atoms with Gasteiger partial charge < -0.3 is 29.7 Å². The first-order valence-corrected chi connectivity index (χ1v) is 16.0. The molecular formula is C36H46N4O6. The molecule has 2 N–H and O–H groups in total. The number of amides is 3. The number of likely N-dealkylation sites (N-methyl/N-ethyl adjacent to an activating group) is 1. The van der Waals surface area contributed by atoms with Gasteiger partial charge in [-0.2, -0.15) is 0 Å². The number of ether oxygens (including phenoxy) is 2. The standard InChI is InChI=1S/C36H46N4O6/c1-25-22-40(26(2)24-41)36(44)31-21-30(38-35(43)29-15-17-37-18-16-29)13-14-32(31)46-27(3)10-8-9-19-45-33(25)23-39(4)34(42)20-28-11-6-5-7-12-28/h5-7,11-18,21,25-27,33,41H,8-10,19-20,22-24H2,1-4H3,(H,38,43)/t25-,26-,27+,33+/m0/s1. The van der Waals surface area contributed by atoms with Crippen molar-refractivity contribution < 1.29 is 29.0 Å². The van der Waals surface area contributed by atoms with E-state index in [2.05, 4.69) is 10.3 Å². The van der Waals surface area contributed by atoms with Crippen LogP contribution in [0.4, 0.5) is 5.69 Å². The van der Waals surface area contributed by atoms with E-state index in [4.69, 9.17) is 9.47 Å². The molecule has 0 unspecified atom stereocenters. The molecule has 4 atom stereocenters. The topological polar surface area (TPSA) is 121 Å². The van der Waals surface area contributed by atoms with Gasteiger partial charge in [0.15, 0.2) is 0 Å². The number of nitrogens with zero attached hydrogens (tertiary/aromatic N) is 3. The quantitative estimate of drug-likeness (QED) is 0.366. The fourth-order valence-electron chi connectivity index (χ4n) is 5.45. The third-order valence-corrected chi connectivity index (χ3v) is 8.33. The van der Waals surface area contributed by atoms with Crippen LogP contribution in [0.25, 0.3) is 0 Å². The van der Waals surface area contributed by atoms with Crippen LogP contribution >= 0.6 is 0 Å². The third-order valence-electron chi connectivity index (χ3n) is 8.33. The van der Waals surface area contributed by atoms with E-state index in [9.17, 15) is 19.5 Å². The average molecular weight is 631 g/mol. The van der Waals surface area contributed by atoms with Crippen molar-refractivity contribution in [2.75, 3.05) is 38.7 Å². The minimum Gasteiger partial charge on any atom is -0.490 e. The smallest absolute Gasteiger partial charge is 0.258 e. The molecule has 3 amide bonds. The van der Waals surface area contributed by atoms with Crippen LogP contribution in [-0.2, 0) is 16.0 Å². The predicted octanol–water partition coefficient (Wildman–Crippen LogP) is 4.83. The highest BCUT2D eigenvalue weighted by Crippen LogP contribution is 2.29. The van der Waals surface area contributed by atoms with Gasteiger partial charge in [0.1, 0.15) is 5.75 Å². The summed E-state index contributed by atoms with van der Waals surface area (Å²) < 4.78 is 12.7. The van der Waals surface area contributed by atoms with Crippen molar-refractivity contribution >= 4 is 23.4 Å². The van der Waals surface area contributed by atoms with E-state index in [1.54, 1.807) is 66.5 Å². The van der Waals surface area contributed by atoms with E-state index < -0.39 is 6.04 Å². The number of nitrogens with one attached hydrogen (secondary N) is 1. The van der Waals surface area contributed by atoms with Gasteiger partial charge in [0.25, 0.3) is 11.8 Å². The molecule has 46 heavy (non-hydrogen) atoms. The summed E-state index contributed by atoms with van der Waals surface area (Å²) in [7, 11) is 1.78. The SMILES string of the molecule is C[C@@H]1CCCCO[C@H](CN(C)C(=O)Cc2ccccc2)[C@@H](C)CN([C@@H](C)CO)C(=O)c2cc(NC(=O)c3ccncc3)ccc2O1.